The Bertz CT molecular complexity index is 927. The second-order valence-electron chi connectivity index (χ2n) is 4.96. The molecule has 1 unspecified atom stereocenters. The van der Waals surface area contributed by atoms with Crippen molar-refractivity contribution in [2.24, 2.45) is 0 Å². The first-order valence-corrected chi connectivity index (χ1v) is 8.88. The highest BCUT2D eigenvalue weighted by Crippen LogP contribution is 2.24. The summed E-state index contributed by atoms with van der Waals surface area (Å²) >= 11 is -0.702. The van der Waals surface area contributed by atoms with Gasteiger partial charge in [0.15, 0.2) is 5.82 Å². The Hall–Kier alpha value is -2.69. The Morgan fingerprint density at radius 3 is 2.72 bits per heavy atom. The average Bonchev–Trinajstić information content (AvgIpc) is 3.09. The van der Waals surface area contributed by atoms with Crippen LogP contribution in [0.3, 0.4) is 0 Å². The van der Waals surface area contributed by atoms with Crippen LogP contribution in [-0.4, -0.2) is 18.5 Å². The molecule has 1 aromatic heterocycles. The van der Waals surface area contributed by atoms with Crippen LogP contribution < -0.4 is 5.48 Å². The lowest BCUT2D eigenvalue weighted by Gasteiger charge is -2.02. The van der Waals surface area contributed by atoms with Crippen LogP contribution in [0.2, 0.25) is 0 Å². The molecule has 25 heavy (non-hydrogen) atoms. The average molecular weight is 376 g/mol. The molecule has 0 amide bonds. The molecule has 0 fully saturated rings. The molecular formula is C15H12N4O4S2. The van der Waals surface area contributed by atoms with E-state index in [1.54, 1.807) is 24.3 Å². The van der Waals surface area contributed by atoms with Gasteiger partial charge in [0.25, 0.3) is 5.69 Å². The Labute approximate surface area is 149 Å². The molecule has 1 N–H and O–H groups in total. The van der Waals surface area contributed by atoms with Crippen molar-refractivity contribution in [1.29, 1.82) is 0 Å². The molecule has 0 aliphatic carbocycles. The van der Waals surface area contributed by atoms with Crippen LogP contribution in [0.5, 0.6) is 0 Å². The van der Waals surface area contributed by atoms with E-state index in [1.165, 1.54) is 12.1 Å². The molecule has 8 nitrogen and oxygen atoms in total. The van der Waals surface area contributed by atoms with Crippen molar-refractivity contribution in [2.75, 3.05) is 5.48 Å². The summed E-state index contributed by atoms with van der Waals surface area (Å²) in [4.78, 5) is 15.0. The van der Waals surface area contributed by atoms with Crippen LogP contribution in [0, 0.1) is 17.0 Å². The molecule has 3 aromatic rings. The lowest BCUT2D eigenvalue weighted by atomic mass is 10.2. The fourth-order valence-electron chi connectivity index (χ4n) is 1.91. The molecule has 2 aromatic carbocycles. The summed E-state index contributed by atoms with van der Waals surface area (Å²) < 4.78 is 21.2. The van der Waals surface area contributed by atoms with E-state index in [0.717, 1.165) is 17.1 Å². The number of nitrogens with one attached hydrogen (secondary N) is 1. The third-order valence-electron chi connectivity index (χ3n) is 3.16. The number of benzene rings is 2. The number of aryl methyl sites for hydroxylation is 1. The molecule has 0 saturated heterocycles. The van der Waals surface area contributed by atoms with Gasteiger partial charge in [0.2, 0.25) is 16.2 Å². The summed E-state index contributed by atoms with van der Waals surface area (Å²) in [7, 11) is 0. The summed E-state index contributed by atoms with van der Waals surface area (Å²) in [6, 6.07) is 13.1. The Morgan fingerprint density at radius 2 is 2.00 bits per heavy atom. The maximum atomic E-state index is 12.0. The van der Waals surface area contributed by atoms with Crippen molar-refractivity contribution in [1.82, 2.24) is 9.36 Å². The van der Waals surface area contributed by atoms with E-state index in [4.69, 9.17) is 4.28 Å². The molecule has 128 valence electrons. The van der Waals surface area contributed by atoms with Gasteiger partial charge in [0.05, 0.1) is 9.82 Å². The number of aromatic nitrogens is 2. The molecule has 10 heteroatoms. The van der Waals surface area contributed by atoms with Gasteiger partial charge in [-0.1, -0.05) is 29.8 Å². The smallest absolute Gasteiger partial charge is 0.258 e. The van der Waals surface area contributed by atoms with Crippen molar-refractivity contribution in [3.63, 3.8) is 0 Å². The molecule has 0 aliphatic heterocycles. The SMILES string of the molecule is Cc1ccc(S(=O)ONc2nc(-c3cccc([N+](=O)[O-])c3)ns2)cc1. The Balaban J connectivity index is 1.67. The summed E-state index contributed by atoms with van der Waals surface area (Å²) in [6.45, 7) is 1.93. The number of anilines is 1. The number of nitro benzene ring substituents is 1. The monoisotopic (exact) mass is 376 g/mol. The number of nitrogens with zero attached hydrogens (tertiary/aromatic N) is 3. The van der Waals surface area contributed by atoms with Gasteiger partial charge in [-0.05, 0) is 19.1 Å². The maximum Gasteiger partial charge on any atom is 0.270 e. The highest BCUT2D eigenvalue weighted by molar-refractivity contribution is 7.80. The van der Waals surface area contributed by atoms with Crippen LogP contribution in [0.4, 0.5) is 10.8 Å². The van der Waals surface area contributed by atoms with Crippen LogP contribution in [-0.2, 0) is 15.4 Å². The number of non-ortho nitro benzene ring substituents is 1. The zero-order valence-electron chi connectivity index (χ0n) is 12.9. The van der Waals surface area contributed by atoms with Gasteiger partial charge in [-0.2, -0.15) is 13.6 Å². The first-order valence-electron chi connectivity index (χ1n) is 7.03. The van der Waals surface area contributed by atoms with Crippen molar-refractivity contribution in [3.05, 3.63) is 64.2 Å². The number of nitro groups is 1. The van der Waals surface area contributed by atoms with Crippen LogP contribution in [0.25, 0.3) is 11.4 Å². The minimum Gasteiger partial charge on any atom is -0.258 e. The second-order valence-corrected chi connectivity index (χ2v) is 6.82. The number of rotatable bonds is 6. The molecule has 0 saturated carbocycles. The van der Waals surface area contributed by atoms with Crippen LogP contribution in [0.1, 0.15) is 5.56 Å². The Kier molecular flexibility index (Phi) is 5.12. The molecule has 1 heterocycles. The maximum absolute atomic E-state index is 12.0. The third kappa shape index (κ3) is 4.24. The van der Waals surface area contributed by atoms with E-state index in [0.29, 0.717) is 21.4 Å². The van der Waals surface area contributed by atoms with Crippen LogP contribution in [0.15, 0.2) is 53.4 Å². The van der Waals surface area contributed by atoms with E-state index in [2.05, 4.69) is 14.8 Å². The van der Waals surface area contributed by atoms with E-state index in [-0.39, 0.29) is 5.69 Å². The first-order chi connectivity index (χ1) is 12.0. The van der Waals surface area contributed by atoms with Crippen molar-refractivity contribution in [3.8, 4) is 11.4 Å². The standard InChI is InChI=1S/C15H12N4O4S2/c1-10-5-7-13(8-6-10)25(22)23-17-15-16-14(18-24-15)11-3-2-4-12(9-11)19(20)21/h2-9H,1H3,(H,16,17,18). The van der Waals surface area contributed by atoms with Gasteiger partial charge in [-0.3, -0.25) is 10.1 Å². The molecule has 3 rings (SSSR count). The highest BCUT2D eigenvalue weighted by Gasteiger charge is 2.12. The topological polar surface area (TPSA) is 107 Å². The van der Waals surface area contributed by atoms with E-state index < -0.39 is 16.0 Å². The fraction of sp³-hybridized carbons (Fsp3) is 0.0667. The zero-order valence-corrected chi connectivity index (χ0v) is 14.5. The quantitative estimate of drug-likeness (QED) is 0.518. The van der Waals surface area contributed by atoms with Crippen molar-refractivity contribution >= 4 is 33.4 Å². The van der Waals surface area contributed by atoms with Gasteiger partial charge in [0.1, 0.15) is 0 Å². The number of hydrogen-bond donors (Lipinski definition) is 1. The predicted molar refractivity (Wildman–Crippen MR) is 94.3 cm³/mol. The zero-order chi connectivity index (χ0) is 17.8. The lowest BCUT2D eigenvalue weighted by Crippen LogP contribution is -2.05. The number of hydrogen-bond acceptors (Lipinski definition) is 8. The van der Waals surface area contributed by atoms with Gasteiger partial charge < -0.3 is 0 Å². The highest BCUT2D eigenvalue weighted by atomic mass is 32.2. The van der Waals surface area contributed by atoms with Gasteiger partial charge >= 0.3 is 0 Å². The molecule has 0 spiro atoms. The second kappa shape index (κ2) is 7.47. The molecule has 0 bridgehead atoms. The summed E-state index contributed by atoms with van der Waals surface area (Å²) in [5.74, 6) is 0.320. The van der Waals surface area contributed by atoms with Gasteiger partial charge in [-0.15, -0.1) is 0 Å². The summed E-state index contributed by atoms with van der Waals surface area (Å²) in [5, 5.41) is 11.1. The van der Waals surface area contributed by atoms with Gasteiger partial charge in [0, 0.05) is 29.2 Å². The fourth-order valence-corrected chi connectivity index (χ4v) is 3.10. The summed E-state index contributed by atoms with van der Waals surface area (Å²) in [5.41, 5.74) is 4.02. The predicted octanol–water partition coefficient (Wildman–Crippen LogP) is 3.49. The molecule has 1 atom stereocenters. The van der Waals surface area contributed by atoms with E-state index >= 15 is 0 Å². The molecule has 0 aliphatic rings. The minimum absolute atomic E-state index is 0.0430. The lowest BCUT2D eigenvalue weighted by molar-refractivity contribution is -0.384. The van der Waals surface area contributed by atoms with E-state index in [1.807, 2.05) is 19.1 Å². The van der Waals surface area contributed by atoms with Crippen LogP contribution >= 0.6 is 11.5 Å². The third-order valence-corrected chi connectivity index (χ3v) is 4.66. The van der Waals surface area contributed by atoms with Crippen molar-refractivity contribution in [2.45, 2.75) is 11.8 Å². The molecular weight excluding hydrogens is 364 g/mol. The summed E-state index contributed by atoms with van der Waals surface area (Å²) in [6.07, 6.45) is 0. The normalized spacial score (nSPS) is 11.9. The van der Waals surface area contributed by atoms with Crippen molar-refractivity contribution < 1.29 is 13.4 Å². The first kappa shape index (κ1) is 17.1. The largest absolute Gasteiger partial charge is 0.270 e. The van der Waals surface area contributed by atoms with Gasteiger partial charge in [-0.25, -0.2) is 9.69 Å². The minimum atomic E-state index is -1.70. The Morgan fingerprint density at radius 1 is 1.24 bits per heavy atom. The van der Waals surface area contributed by atoms with E-state index in [9.17, 15) is 14.3 Å². The molecule has 0 radical (unpaired) electrons.